The number of rotatable bonds is 4. The van der Waals surface area contributed by atoms with Crippen molar-refractivity contribution in [2.45, 2.75) is 0 Å². The van der Waals surface area contributed by atoms with Crippen molar-refractivity contribution in [3.63, 3.8) is 0 Å². The maximum atomic E-state index is 5.12. The Kier molecular flexibility index (Phi) is 5.82. The highest BCUT2D eigenvalue weighted by molar-refractivity contribution is 7.27. The Morgan fingerprint density at radius 2 is 1.07 bits per heavy atom. The molecule has 3 aromatic heterocycles. The molecule has 0 N–H and O–H groups in total. The van der Waals surface area contributed by atoms with Gasteiger partial charge in [-0.15, -0.1) is 22.7 Å². The molecule has 0 aliphatic carbocycles. The largest absolute Gasteiger partial charge is 0.236 e. The van der Waals surface area contributed by atoms with Crippen LogP contribution in [-0.2, 0) is 0 Å². The zero-order chi connectivity index (χ0) is 29.0. The van der Waals surface area contributed by atoms with Crippen molar-refractivity contribution in [2.24, 2.45) is 0 Å². The number of hydrogen-bond donors (Lipinski definition) is 0. The molecule has 6 aromatic carbocycles. The van der Waals surface area contributed by atoms with Gasteiger partial charge in [0.05, 0.1) is 10.2 Å². The van der Waals surface area contributed by atoms with Crippen molar-refractivity contribution in [1.29, 1.82) is 0 Å². The first-order valence-electron chi connectivity index (χ1n) is 14.4. The van der Waals surface area contributed by atoms with Gasteiger partial charge in [-0.3, -0.25) is 0 Å². The third-order valence-corrected chi connectivity index (χ3v) is 10.3. The van der Waals surface area contributed by atoms with Crippen molar-refractivity contribution in [2.75, 3.05) is 0 Å². The van der Waals surface area contributed by atoms with Crippen LogP contribution in [0.3, 0.4) is 0 Å². The second-order valence-corrected chi connectivity index (χ2v) is 12.7. The Morgan fingerprint density at radius 3 is 1.82 bits per heavy atom. The minimum atomic E-state index is 0.654. The summed E-state index contributed by atoms with van der Waals surface area (Å²) in [6.07, 6.45) is 0. The van der Waals surface area contributed by atoms with Gasteiger partial charge < -0.3 is 0 Å². The van der Waals surface area contributed by atoms with Crippen LogP contribution in [-0.4, -0.2) is 19.9 Å². The van der Waals surface area contributed by atoms with Gasteiger partial charge in [-0.2, -0.15) is 0 Å². The van der Waals surface area contributed by atoms with Crippen LogP contribution in [0.4, 0.5) is 0 Å². The summed E-state index contributed by atoms with van der Waals surface area (Å²) in [7, 11) is 0. The topological polar surface area (TPSA) is 51.6 Å². The van der Waals surface area contributed by atoms with Gasteiger partial charge in [-0.1, -0.05) is 115 Å². The molecule has 0 fully saturated rings. The molecule has 0 aliphatic heterocycles. The predicted octanol–water partition coefficient (Wildman–Crippen LogP) is 10.7. The minimum Gasteiger partial charge on any atom is -0.236 e. The first-order chi connectivity index (χ1) is 21.8. The highest BCUT2D eigenvalue weighted by atomic mass is 32.1. The molecule has 206 valence electrons. The molecule has 0 aliphatic rings. The molecule has 0 saturated heterocycles. The summed E-state index contributed by atoms with van der Waals surface area (Å²) in [6.45, 7) is 0. The number of aromatic nitrogens is 4. The van der Waals surface area contributed by atoms with Crippen LogP contribution in [0, 0.1) is 0 Å². The normalized spacial score (nSPS) is 11.6. The molecule has 0 amide bonds. The average Bonchev–Trinajstić information content (AvgIpc) is 3.71. The fourth-order valence-corrected chi connectivity index (χ4v) is 8.23. The Bertz CT molecular complexity index is 2440. The van der Waals surface area contributed by atoms with E-state index in [-0.39, 0.29) is 0 Å². The summed E-state index contributed by atoms with van der Waals surface area (Å²) < 4.78 is 3.78. The zero-order valence-electron chi connectivity index (χ0n) is 23.3. The van der Waals surface area contributed by atoms with Gasteiger partial charge >= 0.3 is 0 Å². The summed E-state index contributed by atoms with van der Waals surface area (Å²) in [5, 5.41) is 5.95. The molecule has 0 atom stereocenters. The Hall–Kier alpha value is -5.30. The van der Waals surface area contributed by atoms with Gasteiger partial charge in [0, 0.05) is 47.8 Å². The molecule has 0 radical (unpaired) electrons. The van der Waals surface area contributed by atoms with Crippen LogP contribution in [0.25, 0.3) is 85.9 Å². The Labute approximate surface area is 261 Å². The minimum absolute atomic E-state index is 0.654. The Morgan fingerprint density at radius 1 is 0.409 bits per heavy atom. The van der Waals surface area contributed by atoms with Crippen molar-refractivity contribution >= 4 is 63.8 Å². The van der Waals surface area contributed by atoms with Crippen molar-refractivity contribution in [1.82, 2.24) is 19.9 Å². The van der Waals surface area contributed by atoms with Gasteiger partial charge in [-0.25, -0.2) is 19.9 Å². The van der Waals surface area contributed by atoms with Gasteiger partial charge in [0.1, 0.15) is 5.01 Å². The van der Waals surface area contributed by atoms with Gasteiger partial charge in [-0.05, 0) is 23.6 Å². The maximum Gasteiger partial charge on any atom is 0.164 e. The molecule has 3 heterocycles. The zero-order valence-corrected chi connectivity index (χ0v) is 24.9. The van der Waals surface area contributed by atoms with Gasteiger partial charge in [0.2, 0.25) is 0 Å². The molecule has 9 aromatic rings. The summed E-state index contributed by atoms with van der Waals surface area (Å²) in [6, 6.07) is 46.1. The number of thiazole rings is 1. The fourth-order valence-electron chi connectivity index (χ4n) is 5.82. The van der Waals surface area contributed by atoms with E-state index in [2.05, 4.69) is 72.8 Å². The molecule has 0 bridgehead atoms. The van der Waals surface area contributed by atoms with Gasteiger partial charge in [0.15, 0.2) is 17.5 Å². The van der Waals surface area contributed by atoms with Crippen molar-refractivity contribution < 1.29 is 0 Å². The van der Waals surface area contributed by atoms with E-state index in [4.69, 9.17) is 19.9 Å². The van der Waals surface area contributed by atoms with E-state index in [0.29, 0.717) is 17.5 Å². The molecular formula is C38H22N4S2. The van der Waals surface area contributed by atoms with Crippen LogP contribution >= 0.6 is 22.7 Å². The number of fused-ring (bicyclic) bond motifs is 6. The van der Waals surface area contributed by atoms with E-state index < -0.39 is 0 Å². The molecule has 9 rings (SSSR count). The fraction of sp³-hybridized carbons (Fsp3) is 0. The lowest BCUT2D eigenvalue weighted by atomic mass is 10.1. The van der Waals surface area contributed by atoms with Crippen molar-refractivity contribution in [3.05, 3.63) is 133 Å². The first kappa shape index (κ1) is 25.2. The third-order valence-electron chi connectivity index (χ3n) is 7.96. The lowest BCUT2D eigenvalue weighted by molar-refractivity contribution is 1.07. The summed E-state index contributed by atoms with van der Waals surface area (Å²) in [5.74, 6) is 1.97. The summed E-state index contributed by atoms with van der Waals surface area (Å²) >= 11 is 3.60. The molecule has 0 spiro atoms. The van der Waals surface area contributed by atoms with Gasteiger partial charge in [0.25, 0.3) is 0 Å². The highest BCUT2D eigenvalue weighted by Gasteiger charge is 2.16. The quantitative estimate of drug-likeness (QED) is 0.202. The standard InChI is InChI=1S/C38H22N4S2/c1-3-10-23(11-4-1)35-40-36(24-12-5-2-6-13-24)42-37(41-35)26-18-20-27-25(22-26)19-21-31-34(27)44-38(39-31)30-16-9-15-29-28-14-7-8-17-32(28)43-33(29)30/h1-22H. The smallest absolute Gasteiger partial charge is 0.164 e. The Balaban J connectivity index is 1.18. The van der Waals surface area contributed by atoms with E-state index >= 15 is 0 Å². The van der Waals surface area contributed by atoms with Crippen LogP contribution in [0.1, 0.15) is 0 Å². The highest BCUT2D eigenvalue weighted by Crippen LogP contribution is 2.43. The monoisotopic (exact) mass is 598 g/mol. The molecule has 4 nitrogen and oxygen atoms in total. The molecular weight excluding hydrogens is 577 g/mol. The van der Waals surface area contributed by atoms with Crippen LogP contribution in [0.2, 0.25) is 0 Å². The second-order valence-electron chi connectivity index (χ2n) is 10.7. The summed E-state index contributed by atoms with van der Waals surface area (Å²) in [4.78, 5) is 19.8. The van der Waals surface area contributed by atoms with E-state index in [1.807, 2.05) is 72.0 Å². The lowest BCUT2D eigenvalue weighted by Gasteiger charge is -2.09. The number of thiophene rings is 1. The van der Waals surface area contributed by atoms with Crippen molar-refractivity contribution in [3.8, 4) is 44.7 Å². The predicted molar refractivity (Wildman–Crippen MR) is 185 cm³/mol. The second kappa shape index (κ2) is 10.2. The van der Waals surface area contributed by atoms with E-state index in [1.165, 1.54) is 35.8 Å². The first-order valence-corrected chi connectivity index (χ1v) is 16.0. The summed E-state index contributed by atoms with van der Waals surface area (Å²) in [5.41, 5.74) is 5.08. The molecule has 44 heavy (non-hydrogen) atoms. The van der Waals surface area contributed by atoms with E-state index in [9.17, 15) is 0 Å². The maximum absolute atomic E-state index is 5.12. The molecule has 6 heteroatoms. The van der Waals surface area contributed by atoms with E-state index in [1.54, 1.807) is 11.3 Å². The number of nitrogens with zero attached hydrogens (tertiary/aromatic N) is 4. The van der Waals surface area contributed by atoms with Crippen LogP contribution in [0.15, 0.2) is 133 Å². The molecule has 0 saturated carbocycles. The van der Waals surface area contributed by atoms with Crippen LogP contribution in [0.5, 0.6) is 0 Å². The SMILES string of the molecule is c1ccc(-c2nc(-c3ccccc3)nc(-c3ccc4c(ccc5nc(-c6cccc7c6sc6ccccc67)sc54)c3)n2)cc1. The third kappa shape index (κ3) is 4.19. The van der Waals surface area contributed by atoms with E-state index in [0.717, 1.165) is 32.6 Å². The number of hydrogen-bond acceptors (Lipinski definition) is 6. The number of benzene rings is 6. The van der Waals surface area contributed by atoms with Crippen LogP contribution < -0.4 is 0 Å². The molecule has 0 unspecified atom stereocenters. The average molecular weight is 599 g/mol. The lowest BCUT2D eigenvalue weighted by Crippen LogP contribution is -2.00.